The van der Waals surface area contributed by atoms with Crippen molar-refractivity contribution < 1.29 is 9.59 Å². The van der Waals surface area contributed by atoms with Gasteiger partial charge in [-0.05, 0) is 73.4 Å². The first kappa shape index (κ1) is 24.3. The summed E-state index contributed by atoms with van der Waals surface area (Å²) < 4.78 is 0. The molecule has 0 unspecified atom stereocenters. The highest BCUT2D eigenvalue weighted by Gasteiger charge is 2.21. The Balaban J connectivity index is 1.31. The zero-order valence-electron chi connectivity index (χ0n) is 21.3. The molecular weight excluding hydrogens is 458 g/mol. The summed E-state index contributed by atoms with van der Waals surface area (Å²) in [5.74, 6) is -0.277. The van der Waals surface area contributed by atoms with E-state index in [9.17, 15) is 9.59 Å². The number of carbonyl (C=O) groups excluding carboxylic acids is 2. The van der Waals surface area contributed by atoms with Crippen molar-refractivity contribution in [3.63, 3.8) is 0 Å². The van der Waals surface area contributed by atoms with Crippen molar-refractivity contribution in [2.75, 3.05) is 35.3 Å². The molecule has 1 fully saturated rings. The second-order valence-corrected chi connectivity index (χ2v) is 9.49. The number of hydrogen-bond donors (Lipinski definition) is 1. The summed E-state index contributed by atoms with van der Waals surface area (Å²) in [7, 11) is 1.81. The Bertz CT molecular complexity index is 1400. The van der Waals surface area contributed by atoms with Crippen molar-refractivity contribution in [3.05, 3.63) is 114 Å². The molecule has 0 atom stereocenters. The van der Waals surface area contributed by atoms with Crippen molar-refractivity contribution in [1.82, 2.24) is 0 Å². The van der Waals surface area contributed by atoms with E-state index in [2.05, 4.69) is 16.3 Å². The summed E-state index contributed by atoms with van der Waals surface area (Å²) in [4.78, 5) is 30.5. The molecule has 0 spiro atoms. The van der Waals surface area contributed by atoms with E-state index in [1.807, 2.05) is 80.7 Å². The van der Waals surface area contributed by atoms with Gasteiger partial charge in [-0.25, -0.2) is 0 Å². The largest absolute Gasteiger partial charge is 0.370 e. The van der Waals surface area contributed by atoms with Crippen molar-refractivity contribution in [2.24, 2.45) is 0 Å². The van der Waals surface area contributed by atoms with Crippen LogP contribution in [0.1, 0.15) is 39.1 Å². The second kappa shape index (κ2) is 10.7. The van der Waals surface area contributed by atoms with Gasteiger partial charge in [0, 0.05) is 37.0 Å². The van der Waals surface area contributed by atoms with Gasteiger partial charge >= 0.3 is 0 Å². The average Bonchev–Trinajstić information content (AvgIpc) is 3.48. The Morgan fingerprint density at radius 2 is 1.43 bits per heavy atom. The molecule has 0 bridgehead atoms. The number of amides is 2. The zero-order valence-corrected chi connectivity index (χ0v) is 21.3. The van der Waals surface area contributed by atoms with Crippen LogP contribution in [0.2, 0.25) is 0 Å². The first-order valence-electron chi connectivity index (χ1n) is 12.7. The van der Waals surface area contributed by atoms with E-state index in [4.69, 9.17) is 0 Å². The van der Waals surface area contributed by atoms with Crippen molar-refractivity contribution >= 4 is 28.9 Å². The predicted octanol–water partition coefficient (Wildman–Crippen LogP) is 6.79. The Morgan fingerprint density at radius 1 is 0.784 bits per heavy atom. The van der Waals surface area contributed by atoms with E-state index in [-0.39, 0.29) is 11.8 Å². The van der Waals surface area contributed by atoms with Gasteiger partial charge in [0.05, 0.1) is 11.4 Å². The monoisotopic (exact) mass is 489 g/mol. The van der Waals surface area contributed by atoms with E-state index < -0.39 is 0 Å². The number of rotatable bonds is 6. The van der Waals surface area contributed by atoms with E-state index in [0.29, 0.717) is 16.8 Å². The average molecular weight is 490 g/mol. The number of anilines is 3. The minimum Gasteiger partial charge on any atom is -0.370 e. The highest BCUT2D eigenvalue weighted by molar-refractivity contribution is 6.10. The molecule has 1 heterocycles. The quantitative estimate of drug-likeness (QED) is 0.324. The van der Waals surface area contributed by atoms with Crippen LogP contribution in [0, 0.1) is 6.92 Å². The summed E-state index contributed by atoms with van der Waals surface area (Å²) in [6.45, 7) is 4.07. The summed E-state index contributed by atoms with van der Waals surface area (Å²) in [5.41, 5.74) is 6.85. The number of para-hydroxylation sites is 2. The highest BCUT2D eigenvalue weighted by atomic mass is 16.2. The van der Waals surface area contributed by atoms with E-state index >= 15 is 0 Å². The molecule has 1 N–H and O–H groups in total. The van der Waals surface area contributed by atoms with Crippen LogP contribution in [0.4, 0.5) is 17.1 Å². The molecule has 5 rings (SSSR count). The van der Waals surface area contributed by atoms with E-state index in [1.165, 1.54) is 18.4 Å². The topological polar surface area (TPSA) is 52.7 Å². The number of aryl methyl sites for hydroxylation is 1. The van der Waals surface area contributed by atoms with E-state index in [1.54, 1.807) is 29.2 Å². The van der Waals surface area contributed by atoms with Crippen molar-refractivity contribution in [1.29, 1.82) is 0 Å². The number of hydrogen-bond acceptors (Lipinski definition) is 3. The number of carbonyl (C=O) groups is 2. The molecule has 2 amide bonds. The third kappa shape index (κ3) is 5.26. The van der Waals surface area contributed by atoms with Gasteiger partial charge in [0.15, 0.2) is 0 Å². The molecule has 1 saturated heterocycles. The molecule has 186 valence electrons. The Kier molecular flexibility index (Phi) is 7.04. The molecule has 37 heavy (non-hydrogen) atoms. The van der Waals surface area contributed by atoms with Gasteiger partial charge < -0.3 is 15.1 Å². The Labute approximate surface area is 218 Å². The lowest BCUT2D eigenvalue weighted by atomic mass is 9.98. The number of benzene rings is 4. The summed E-state index contributed by atoms with van der Waals surface area (Å²) in [5, 5.41) is 2.98. The third-order valence-electron chi connectivity index (χ3n) is 6.92. The summed E-state index contributed by atoms with van der Waals surface area (Å²) in [6.07, 6.45) is 2.35. The first-order valence-corrected chi connectivity index (χ1v) is 12.7. The molecule has 5 heteroatoms. The first-order chi connectivity index (χ1) is 18.0. The van der Waals surface area contributed by atoms with Gasteiger partial charge in [-0.1, -0.05) is 60.2 Å². The van der Waals surface area contributed by atoms with Gasteiger partial charge in [-0.15, -0.1) is 0 Å². The third-order valence-corrected chi connectivity index (χ3v) is 6.92. The molecule has 4 aromatic carbocycles. The standard InChI is InChI=1S/C32H31N3O2/c1-23-13-15-24(16-14-23)27-9-3-4-10-28(27)31(36)33-26-19-17-25(18-20-26)32(37)34(2)29-11-5-6-12-30(29)35-21-7-8-22-35/h3-6,9-20H,7-8,21-22H2,1-2H3,(H,33,36). The maximum absolute atomic E-state index is 13.3. The predicted molar refractivity (Wildman–Crippen MR) is 152 cm³/mol. The van der Waals surface area contributed by atoms with Gasteiger partial charge in [0.25, 0.3) is 11.8 Å². The van der Waals surface area contributed by atoms with Gasteiger partial charge in [-0.3, -0.25) is 9.59 Å². The highest BCUT2D eigenvalue weighted by Crippen LogP contribution is 2.32. The zero-order chi connectivity index (χ0) is 25.8. The van der Waals surface area contributed by atoms with Crippen LogP contribution in [0.15, 0.2) is 97.1 Å². The molecule has 0 aromatic heterocycles. The maximum atomic E-state index is 13.3. The molecule has 5 nitrogen and oxygen atoms in total. The summed E-state index contributed by atoms with van der Waals surface area (Å²) in [6, 6.07) is 30.9. The molecule has 1 aliphatic rings. The fourth-order valence-corrected chi connectivity index (χ4v) is 4.84. The van der Waals surface area contributed by atoms with Gasteiger partial charge in [0.2, 0.25) is 0 Å². The van der Waals surface area contributed by atoms with E-state index in [0.717, 1.165) is 35.6 Å². The number of nitrogens with zero attached hydrogens (tertiary/aromatic N) is 2. The number of nitrogens with one attached hydrogen (secondary N) is 1. The molecule has 0 saturated carbocycles. The summed E-state index contributed by atoms with van der Waals surface area (Å²) >= 11 is 0. The normalized spacial score (nSPS) is 12.9. The fourth-order valence-electron chi connectivity index (χ4n) is 4.84. The van der Waals surface area contributed by atoms with Crippen LogP contribution in [0.3, 0.4) is 0 Å². The van der Waals surface area contributed by atoms with Gasteiger partial charge in [-0.2, -0.15) is 0 Å². The Hall–Kier alpha value is -4.38. The van der Waals surface area contributed by atoms with Crippen LogP contribution in [0.25, 0.3) is 11.1 Å². The minimum absolute atomic E-state index is 0.0887. The lowest BCUT2D eigenvalue weighted by Gasteiger charge is -2.26. The minimum atomic E-state index is -0.188. The maximum Gasteiger partial charge on any atom is 0.258 e. The van der Waals surface area contributed by atoms with Crippen LogP contribution in [-0.4, -0.2) is 32.0 Å². The van der Waals surface area contributed by atoms with Crippen LogP contribution >= 0.6 is 0 Å². The molecular formula is C32H31N3O2. The van der Waals surface area contributed by atoms with Crippen molar-refractivity contribution in [2.45, 2.75) is 19.8 Å². The smallest absolute Gasteiger partial charge is 0.258 e. The SMILES string of the molecule is Cc1ccc(-c2ccccc2C(=O)Nc2ccc(C(=O)N(C)c3ccccc3N3CCCC3)cc2)cc1. The second-order valence-electron chi connectivity index (χ2n) is 9.49. The van der Waals surface area contributed by atoms with Crippen LogP contribution in [-0.2, 0) is 0 Å². The lowest BCUT2D eigenvalue weighted by molar-refractivity contribution is 0.0991. The van der Waals surface area contributed by atoms with Crippen molar-refractivity contribution in [3.8, 4) is 11.1 Å². The lowest BCUT2D eigenvalue weighted by Crippen LogP contribution is -2.29. The van der Waals surface area contributed by atoms with Crippen LogP contribution in [0.5, 0.6) is 0 Å². The van der Waals surface area contributed by atoms with Crippen LogP contribution < -0.4 is 15.1 Å². The molecule has 1 aliphatic heterocycles. The van der Waals surface area contributed by atoms with Gasteiger partial charge in [0.1, 0.15) is 0 Å². The molecule has 4 aromatic rings. The molecule has 0 radical (unpaired) electrons. The fraction of sp³-hybridized carbons (Fsp3) is 0.188. The molecule has 0 aliphatic carbocycles. The Morgan fingerprint density at radius 3 is 2.16 bits per heavy atom.